The van der Waals surface area contributed by atoms with Crippen molar-refractivity contribution in [3.8, 4) is 46.4 Å². The van der Waals surface area contributed by atoms with Gasteiger partial charge in [0.1, 0.15) is 48.1 Å². The summed E-state index contributed by atoms with van der Waals surface area (Å²) in [5, 5.41) is 18.2. The van der Waals surface area contributed by atoms with Gasteiger partial charge >= 0.3 is 11.9 Å². The fourth-order valence-corrected chi connectivity index (χ4v) is 11.2. The van der Waals surface area contributed by atoms with Crippen molar-refractivity contribution in [1.82, 2.24) is 29.1 Å². The first-order valence-corrected chi connectivity index (χ1v) is 28.0. The number of ether oxygens (including phenoxy) is 5. The van der Waals surface area contributed by atoms with Crippen LogP contribution < -0.4 is 9.47 Å². The first kappa shape index (κ1) is 57.4. The molecule has 6 heterocycles. The van der Waals surface area contributed by atoms with Crippen molar-refractivity contribution < 1.29 is 50.8 Å². The van der Waals surface area contributed by atoms with Crippen LogP contribution in [-0.4, -0.2) is 67.4 Å². The Labute approximate surface area is 497 Å². The number of carbonyl (C=O) groups excluding carboxylic acids is 2. The molecule has 2 aliphatic heterocycles. The second-order valence-corrected chi connectivity index (χ2v) is 23.0. The summed E-state index contributed by atoms with van der Waals surface area (Å²) in [5.41, 5.74) is 4.94. The van der Waals surface area contributed by atoms with Crippen LogP contribution in [0, 0.1) is 56.8 Å². The van der Waals surface area contributed by atoms with Crippen molar-refractivity contribution in [2.24, 2.45) is 10.8 Å². The second-order valence-electron chi connectivity index (χ2n) is 23.0. The topological polar surface area (TPSA) is 189 Å². The Morgan fingerprint density at radius 3 is 1.32 bits per heavy atom. The number of benzene rings is 6. The van der Waals surface area contributed by atoms with Crippen molar-refractivity contribution in [2.45, 2.75) is 65.8 Å². The molecule has 10 aromatic rings. The molecule has 0 amide bonds. The van der Waals surface area contributed by atoms with Gasteiger partial charge in [-0.05, 0) is 96.1 Å². The highest BCUT2D eigenvalue weighted by atomic mass is 19.1. The standard InChI is InChI=1S/C68H54F4N8O7/c1-67(2)37-83-35-59(67)79-57-27-45(19-21-55(57)75-61(79)29-41-15-17-43(25-51(41)71)53-7-5-9-63(77-53)85-33-47-13-11-39(31-73)23-49(47)69)65(81)87-66(82)46-20-22-56-58(28-46)80(60-36-84-38-68(60,3)4)62(76-56)30-42-16-18-44(26-52(42)72)54-8-6-10-64(78-54)86-34-48-14-12-40(32-74)24-50(48)70/h5-28,59-60H,29-30,33-38H2,1-4H3. The number of nitrogens with zero attached hydrogens (tertiary/aromatic N) is 8. The third kappa shape index (κ3) is 11.7. The maximum absolute atomic E-state index is 16.3. The summed E-state index contributed by atoms with van der Waals surface area (Å²) in [5.74, 6) is -2.54. The summed E-state index contributed by atoms with van der Waals surface area (Å²) in [7, 11) is 0. The Bertz CT molecular complexity index is 4190. The Hall–Kier alpha value is -10.1. The molecule has 2 fully saturated rings. The van der Waals surface area contributed by atoms with Crippen LogP contribution in [-0.2, 0) is 40.3 Å². The third-order valence-electron chi connectivity index (χ3n) is 16.1. The van der Waals surface area contributed by atoms with Crippen LogP contribution in [0.3, 0.4) is 0 Å². The van der Waals surface area contributed by atoms with Crippen LogP contribution in [0.25, 0.3) is 44.6 Å². The molecule has 15 nitrogen and oxygen atoms in total. The number of hydrogen-bond donors (Lipinski definition) is 0. The van der Waals surface area contributed by atoms with Crippen molar-refractivity contribution in [3.05, 3.63) is 225 Å². The lowest BCUT2D eigenvalue weighted by Gasteiger charge is -2.28. The highest BCUT2D eigenvalue weighted by molar-refractivity contribution is 6.05. The molecule has 2 saturated heterocycles. The molecule has 0 spiro atoms. The molecule has 0 radical (unpaired) electrons. The molecule has 87 heavy (non-hydrogen) atoms. The van der Waals surface area contributed by atoms with E-state index in [1.807, 2.05) is 21.3 Å². The van der Waals surface area contributed by atoms with Crippen LogP contribution in [0.4, 0.5) is 17.6 Å². The van der Waals surface area contributed by atoms with Gasteiger partial charge in [-0.15, -0.1) is 0 Å². The molecule has 12 rings (SSSR count). The van der Waals surface area contributed by atoms with Crippen LogP contribution in [0.2, 0.25) is 0 Å². The molecule has 2 unspecified atom stereocenters. The van der Waals surface area contributed by atoms with E-state index in [9.17, 15) is 18.4 Å². The predicted octanol–water partition coefficient (Wildman–Crippen LogP) is 13.3. The number of aromatic nitrogens is 6. The molecule has 19 heteroatoms. The van der Waals surface area contributed by atoms with E-state index in [-0.39, 0.29) is 83.3 Å². The van der Waals surface area contributed by atoms with Gasteiger partial charge in [0.05, 0.1) is 106 Å². The van der Waals surface area contributed by atoms with Gasteiger partial charge < -0.3 is 32.8 Å². The van der Waals surface area contributed by atoms with Gasteiger partial charge in [0.15, 0.2) is 0 Å². The average Bonchev–Trinajstić information content (AvgIpc) is 2.31. The molecule has 0 N–H and O–H groups in total. The predicted molar refractivity (Wildman–Crippen MR) is 312 cm³/mol. The van der Waals surface area contributed by atoms with Crippen LogP contribution in [0.1, 0.15) is 106 Å². The number of carbonyl (C=O) groups is 2. The average molecular weight is 1170 g/mol. The summed E-state index contributed by atoms with van der Waals surface area (Å²) in [6.45, 7) is 9.51. The van der Waals surface area contributed by atoms with Gasteiger partial charge in [-0.1, -0.05) is 76.2 Å². The number of fused-ring (bicyclic) bond motifs is 2. The number of imidazole rings is 2. The van der Waals surface area contributed by atoms with Gasteiger partial charge in [-0.2, -0.15) is 10.5 Å². The SMILES string of the molecule is CC1(C)COCC1n1c(Cc2ccc(-c3cccc(OCc4ccc(C#N)cc4F)n3)cc2F)nc2ccc(C(=O)OC(=O)c3ccc4nc(Cc5ccc(-c6cccc(OCc7ccc(C#N)cc7F)n6)cc5F)n(C5COCC5(C)C)c4c3)cc21. The Morgan fingerprint density at radius 1 is 0.529 bits per heavy atom. The highest BCUT2D eigenvalue weighted by Crippen LogP contribution is 2.43. The molecule has 436 valence electrons. The zero-order valence-corrected chi connectivity index (χ0v) is 47.6. The minimum absolute atomic E-state index is 0.0727. The van der Waals surface area contributed by atoms with Gasteiger partial charge in [0.25, 0.3) is 0 Å². The number of esters is 2. The molecule has 0 bridgehead atoms. The minimum atomic E-state index is -0.907. The number of hydrogen-bond acceptors (Lipinski definition) is 13. The molecule has 2 atom stereocenters. The fourth-order valence-electron chi connectivity index (χ4n) is 11.2. The molecular weight excluding hydrogens is 1120 g/mol. The van der Waals surface area contributed by atoms with Gasteiger partial charge in [0.2, 0.25) is 11.8 Å². The van der Waals surface area contributed by atoms with Crippen molar-refractivity contribution in [1.29, 1.82) is 10.5 Å². The van der Waals surface area contributed by atoms with Gasteiger partial charge in [0, 0.05) is 58.1 Å². The van der Waals surface area contributed by atoms with Crippen molar-refractivity contribution in [2.75, 3.05) is 26.4 Å². The zero-order valence-electron chi connectivity index (χ0n) is 47.6. The second kappa shape index (κ2) is 23.4. The van der Waals surface area contributed by atoms with Crippen LogP contribution in [0.5, 0.6) is 11.8 Å². The van der Waals surface area contributed by atoms with E-state index >= 15 is 8.78 Å². The first-order chi connectivity index (χ1) is 41.9. The van der Waals surface area contributed by atoms with E-state index in [0.29, 0.717) is 93.8 Å². The Morgan fingerprint density at radius 2 is 0.943 bits per heavy atom. The molecule has 4 aromatic heterocycles. The molecule has 6 aromatic carbocycles. The van der Waals surface area contributed by atoms with Crippen LogP contribution >= 0.6 is 0 Å². The molecular formula is C68H54F4N8O7. The van der Waals surface area contributed by atoms with E-state index in [1.54, 1.807) is 84.9 Å². The summed E-state index contributed by atoms with van der Waals surface area (Å²) in [4.78, 5) is 47.2. The van der Waals surface area contributed by atoms with E-state index in [2.05, 4.69) is 37.7 Å². The maximum atomic E-state index is 16.3. The minimum Gasteiger partial charge on any atom is -0.473 e. The quantitative estimate of drug-likeness (QED) is 0.0505. The number of nitriles is 2. The first-order valence-electron chi connectivity index (χ1n) is 28.0. The monoisotopic (exact) mass is 1170 g/mol. The van der Waals surface area contributed by atoms with Gasteiger partial charge in [-0.25, -0.2) is 47.1 Å². The zero-order chi connectivity index (χ0) is 60.7. The summed E-state index contributed by atoms with van der Waals surface area (Å²) < 4.78 is 94.8. The van der Waals surface area contributed by atoms with Crippen molar-refractivity contribution in [3.63, 3.8) is 0 Å². The largest absolute Gasteiger partial charge is 0.473 e. The van der Waals surface area contributed by atoms with E-state index in [1.165, 1.54) is 48.5 Å². The van der Waals surface area contributed by atoms with Gasteiger partial charge in [-0.3, -0.25) is 0 Å². The lowest BCUT2D eigenvalue weighted by molar-refractivity contribution is 0.0397. The fraction of sp³-hybridized carbons (Fsp3) is 0.235. The van der Waals surface area contributed by atoms with Crippen LogP contribution in [0.15, 0.2) is 146 Å². The molecule has 2 aliphatic rings. The highest BCUT2D eigenvalue weighted by Gasteiger charge is 2.41. The number of pyridine rings is 2. The number of rotatable bonds is 16. The lowest BCUT2D eigenvalue weighted by atomic mass is 9.87. The molecule has 0 aliphatic carbocycles. The summed E-state index contributed by atoms with van der Waals surface area (Å²) in [6, 6.07) is 40.8. The number of halogens is 4. The Balaban J connectivity index is 0.773. The van der Waals surface area contributed by atoms with Crippen molar-refractivity contribution >= 4 is 34.0 Å². The molecule has 0 saturated carbocycles. The third-order valence-corrected chi connectivity index (χ3v) is 16.1. The van der Waals surface area contributed by atoms with E-state index in [0.717, 1.165) is 12.1 Å². The van der Waals surface area contributed by atoms with E-state index < -0.39 is 46.0 Å². The Kier molecular flexibility index (Phi) is 15.4. The lowest BCUT2D eigenvalue weighted by Crippen LogP contribution is -2.27. The normalized spacial score (nSPS) is 16.0. The van der Waals surface area contributed by atoms with E-state index in [4.69, 9.17) is 44.2 Å². The summed E-state index contributed by atoms with van der Waals surface area (Å²) in [6.07, 6.45) is 0.145. The maximum Gasteiger partial charge on any atom is 0.346 e. The smallest absolute Gasteiger partial charge is 0.346 e. The summed E-state index contributed by atoms with van der Waals surface area (Å²) >= 11 is 0.